The number of alkyl halides is 3. The highest BCUT2D eigenvalue weighted by atomic mass is 19.4. The summed E-state index contributed by atoms with van der Waals surface area (Å²) in [5.41, 5.74) is 0.322. The van der Waals surface area contributed by atoms with E-state index in [4.69, 9.17) is 4.74 Å². The van der Waals surface area contributed by atoms with E-state index in [1.54, 1.807) is 30.3 Å². The molecule has 8 heteroatoms. The Hall–Kier alpha value is -2.13. The van der Waals surface area contributed by atoms with Gasteiger partial charge in [0.2, 0.25) is 0 Å². The molecule has 0 spiro atoms. The second kappa shape index (κ2) is 8.71. The van der Waals surface area contributed by atoms with Crippen molar-refractivity contribution in [2.75, 3.05) is 6.61 Å². The molecule has 0 heterocycles. The van der Waals surface area contributed by atoms with E-state index in [-0.39, 0.29) is 19.4 Å². The van der Waals surface area contributed by atoms with Crippen LogP contribution >= 0.6 is 0 Å². The van der Waals surface area contributed by atoms with Gasteiger partial charge in [0, 0.05) is 18.9 Å². The molecule has 1 aliphatic carbocycles. The summed E-state index contributed by atoms with van der Waals surface area (Å²) in [6, 6.07) is 11.8. The molecule has 0 saturated heterocycles. The molecule has 1 fully saturated rings. The van der Waals surface area contributed by atoms with E-state index < -0.39 is 42.1 Å². The van der Waals surface area contributed by atoms with E-state index in [1.165, 1.54) is 6.07 Å². The van der Waals surface area contributed by atoms with Crippen molar-refractivity contribution in [1.82, 2.24) is 0 Å². The molecule has 4 N–H and O–H groups in total. The van der Waals surface area contributed by atoms with Crippen LogP contribution in [0.15, 0.2) is 48.5 Å². The number of halogens is 3. The number of hydrogen-bond donors (Lipinski definition) is 4. The van der Waals surface area contributed by atoms with E-state index in [9.17, 15) is 33.6 Å². The van der Waals surface area contributed by atoms with Gasteiger partial charge in [-0.25, -0.2) is 0 Å². The molecule has 0 aromatic heterocycles. The van der Waals surface area contributed by atoms with Crippen LogP contribution in [0.3, 0.4) is 0 Å². The van der Waals surface area contributed by atoms with Crippen molar-refractivity contribution < 1.29 is 38.3 Å². The number of benzene rings is 2. The predicted molar refractivity (Wildman–Crippen MR) is 98.3 cm³/mol. The van der Waals surface area contributed by atoms with Crippen LogP contribution in [0.2, 0.25) is 0 Å². The Morgan fingerprint density at radius 3 is 2.34 bits per heavy atom. The van der Waals surface area contributed by atoms with Gasteiger partial charge in [0.1, 0.15) is 24.1 Å². The molecule has 5 atom stereocenters. The topological polar surface area (TPSA) is 90.2 Å². The van der Waals surface area contributed by atoms with Gasteiger partial charge in [0.15, 0.2) is 0 Å². The zero-order valence-corrected chi connectivity index (χ0v) is 15.5. The molecular formula is C21H23F3O5. The van der Waals surface area contributed by atoms with Crippen LogP contribution in [-0.4, -0.2) is 51.4 Å². The summed E-state index contributed by atoms with van der Waals surface area (Å²) < 4.78 is 44.7. The molecule has 2 aromatic rings. The van der Waals surface area contributed by atoms with Crippen LogP contribution in [0.1, 0.15) is 23.1 Å². The summed E-state index contributed by atoms with van der Waals surface area (Å²) in [5, 5.41) is 39.6. The van der Waals surface area contributed by atoms with Crippen LogP contribution in [-0.2, 0) is 12.6 Å². The van der Waals surface area contributed by atoms with E-state index in [0.717, 1.165) is 12.1 Å². The van der Waals surface area contributed by atoms with Crippen LogP contribution in [0, 0.1) is 5.92 Å². The minimum Gasteiger partial charge on any atom is -0.487 e. The molecule has 0 amide bonds. The zero-order valence-electron chi connectivity index (χ0n) is 15.5. The lowest BCUT2D eigenvalue weighted by atomic mass is 9.81. The molecule has 1 aliphatic rings. The fourth-order valence-electron chi connectivity index (χ4n) is 3.58. The monoisotopic (exact) mass is 412 g/mol. The number of aliphatic hydroxyl groups is 4. The Balaban J connectivity index is 1.81. The van der Waals surface area contributed by atoms with Crippen molar-refractivity contribution in [1.29, 1.82) is 0 Å². The maximum Gasteiger partial charge on any atom is 0.416 e. The van der Waals surface area contributed by atoms with Crippen molar-refractivity contribution in [3.63, 3.8) is 0 Å². The summed E-state index contributed by atoms with van der Waals surface area (Å²) in [6.45, 7) is -0.378. The molecule has 0 unspecified atom stereocenters. The zero-order chi connectivity index (χ0) is 21.2. The highest BCUT2D eigenvalue weighted by Gasteiger charge is 2.43. The number of para-hydroxylation sites is 1. The van der Waals surface area contributed by atoms with Crippen molar-refractivity contribution in [3.8, 4) is 5.75 Å². The van der Waals surface area contributed by atoms with Gasteiger partial charge in [-0.3, -0.25) is 0 Å². The van der Waals surface area contributed by atoms with Gasteiger partial charge in [-0.05, 0) is 29.7 Å². The molecule has 158 valence electrons. The van der Waals surface area contributed by atoms with Gasteiger partial charge in [-0.1, -0.05) is 36.4 Å². The lowest BCUT2D eigenvalue weighted by Crippen LogP contribution is -2.56. The van der Waals surface area contributed by atoms with Crippen molar-refractivity contribution in [2.24, 2.45) is 5.92 Å². The van der Waals surface area contributed by atoms with Crippen LogP contribution < -0.4 is 4.74 Å². The number of rotatable bonds is 5. The maximum atomic E-state index is 13.0. The van der Waals surface area contributed by atoms with Gasteiger partial charge in [0.05, 0.1) is 11.7 Å². The van der Waals surface area contributed by atoms with Crippen molar-refractivity contribution in [2.45, 2.75) is 43.4 Å². The first kappa shape index (κ1) is 21.6. The lowest BCUT2D eigenvalue weighted by molar-refractivity contribution is -0.157. The van der Waals surface area contributed by atoms with Crippen molar-refractivity contribution >= 4 is 0 Å². The standard InChI is InChI=1S/C21H23F3O5/c22-21(23,24)15-6-3-4-12(9-15)8-13-5-1-2-7-16(13)29-17-10-14(11-25)18(26)20(28)19(17)27/h1-7,9,14,17-20,25-28H,8,10-11H2/t14-,17-,18-,19+,20+/m1/s1. The molecule has 29 heavy (non-hydrogen) atoms. The minimum absolute atomic E-state index is 0.119. The third kappa shape index (κ3) is 4.90. The van der Waals surface area contributed by atoms with Crippen LogP contribution in [0.5, 0.6) is 5.75 Å². The van der Waals surface area contributed by atoms with Gasteiger partial charge in [-0.15, -0.1) is 0 Å². The normalized spacial score (nSPS) is 27.6. The summed E-state index contributed by atoms with van der Waals surface area (Å²) in [7, 11) is 0. The Labute approximate surface area is 166 Å². The molecule has 1 saturated carbocycles. The largest absolute Gasteiger partial charge is 0.487 e. The van der Waals surface area contributed by atoms with E-state index in [1.807, 2.05) is 0 Å². The quantitative estimate of drug-likeness (QED) is 0.604. The predicted octanol–water partition coefficient (Wildman–Crippen LogP) is 2.14. The molecule has 2 aromatic carbocycles. The lowest BCUT2D eigenvalue weighted by Gasteiger charge is -2.39. The summed E-state index contributed by atoms with van der Waals surface area (Å²) in [6.07, 6.45) is -9.13. The summed E-state index contributed by atoms with van der Waals surface area (Å²) >= 11 is 0. The van der Waals surface area contributed by atoms with Crippen LogP contribution in [0.4, 0.5) is 13.2 Å². The molecule has 5 nitrogen and oxygen atoms in total. The molecule has 3 rings (SSSR count). The Morgan fingerprint density at radius 2 is 1.66 bits per heavy atom. The summed E-state index contributed by atoms with van der Waals surface area (Å²) in [4.78, 5) is 0. The van der Waals surface area contributed by atoms with E-state index in [2.05, 4.69) is 0 Å². The Kier molecular flexibility index (Phi) is 6.48. The highest BCUT2D eigenvalue weighted by Crippen LogP contribution is 2.33. The third-order valence-corrected chi connectivity index (χ3v) is 5.23. The highest BCUT2D eigenvalue weighted by molar-refractivity contribution is 5.39. The van der Waals surface area contributed by atoms with Gasteiger partial charge in [-0.2, -0.15) is 13.2 Å². The number of hydrogen-bond acceptors (Lipinski definition) is 5. The molecular weight excluding hydrogens is 389 g/mol. The smallest absolute Gasteiger partial charge is 0.416 e. The summed E-state index contributed by atoms with van der Waals surface area (Å²) in [5.74, 6) is -0.303. The first-order chi connectivity index (χ1) is 13.7. The Morgan fingerprint density at radius 1 is 0.931 bits per heavy atom. The van der Waals surface area contributed by atoms with Gasteiger partial charge in [0.25, 0.3) is 0 Å². The fraction of sp³-hybridized carbons (Fsp3) is 0.429. The second-order valence-corrected chi connectivity index (χ2v) is 7.29. The molecule has 0 radical (unpaired) electrons. The third-order valence-electron chi connectivity index (χ3n) is 5.23. The molecule has 0 aliphatic heterocycles. The minimum atomic E-state index is -4.44. The average Bonchev–Trinajstić information content (AvgIpc) is 2.69. The number of aliphatic hydroxyl groups excluding tert-OH is 4. The van der Waals surface area contributed by atoms with E-state index >= 15 is 0 Å². The van der Waals surface area contributed by atoms with Gasteiger partial charge >= 0.3 is 6.18 Å². The average molecular weight is 412 g/mol. The van der Waals surface area contributed by atoms with Crippen molar-refractivity contribution in [3.05, 3.63) is 65.2 Å². The SMILES string of the molecule is OC[C@H]1C[C@@H](Oc2ccccc2Cc2cccc(C(F)(F)F)c2)[C@H](O)[C@@H](O)[C@@H]1O. The first-order valence-corrected chi connectivity index (χ1v) is 9.26. The molecule has 0 bridgehead atoms. The first-order valence-electron chi connectivity index (χ1n) is 9.26. The fourth-order valence-corrected chi connectivity index (χ4v) is 3.58. The number of ether oxygens (including phenoxy) is 1. The maximum absolute atomic E-state index is 13.0. The van der Waals surface area contributed by atoms with Gasteiger partial charge < -0.3 is 25.2 Å². The Bertz CT molecular complexity index is 824. The van der Waals surface area contributed by atoms with E-state index in [0.29, 0.717) is 16.9 Å². The second-order valence-electron chi connectivity index (χ2n) is 7.29. The van der Waals surface area contributed by atoms with Crippen LogP contribution in [0.25, 0.3) is 0 Å².